The number of aromatic nitrogens is 2. The Hall–Kier alpha value is -1.00. The number of pyridine rings is 1. The predicted molar refractivity (Wildman–Crippen MR) is 76.8 cm³/mol. The van der Waals surface area contributed by atoms with Gasteiger partial charge in [0.15, 0.2) is 0 Å². The fraction of sp³-hybridized carbons (Fsp3) is 0.500. The number of thioether (sulfide) groups is 1. The summed E-state index contributed by atoms with van der Waals surface area (Å²) >= 11 is 2.08. The fourth-order valence-corrected chi connectivity index (χ4v) is 3.83. The summed E-state index contributed by atoms with van der Waals surface area (Å²) in [6.07, 6.45) is 5.95. The van der Waals surface area contributed by atoms with Crippen LogP contribution in [0.15, 0.2) is 24.4 Å². The van der Waals surface area contributed by atoms with E-state index < -0.39 is 0 Å². The monoisotopic (exact) mass is 261 g/mol. The van der Waals surface area contributed by atoms with Gasteiger partial charge in [0.05, 0.1) is 5.69 Å². The molecule has 0 aliphatic carbocycles. The molecule has 1 saturated heterocycles. The molecule has 1 aliphatic heterocycles. The van der Waals surface area contributed by atoms with Gasteiger partial charge in [-0.15, -0.1) is 0 Å². The molecule has 0 bridgehead atoms. The Morgan fingerprint density at radius 3 is 2.94 bits per heavy atom. The van der Waals surface area contributed by atoms with Crippen molar-refractivity contribution in [3.63, 3.8) is 0 Å². The normalized spacial score (nSPS) is 17.4. The lowest BCUT2D eigenvalue weighted by molar-refractivity contribution is 0.483. The molecule has 0 aromatic carbocycles. The van der Waals surface area contributed by atoms with Crippen molar-refractivity contribution in [2.24, 2.45) is 11.7 Å². The van der Waals surface area contributed by atoms with Crippen LogP contribution in [0.2, 0.25) is 0 Å². The van der Waals surface area contributed by atoms with Crippen molar-refractivity contribution in [1.29, 1.82) is 0 Å². The smallest absolute Gasteiger partial charge is 0.137 e. The van der Waals surface area contributed by atoms with Crippen LogP contribution in [0, 0.1) is 5.92 Å². The molecular weight excluding hydrogens is 242 g/mol. The Morgan fingerprint density at radius 1 is 1.33 bits per heavy atom. The Morgan fingerprint density at radius 2 is 2.17 bits per heavy atom. The van der Waals surface area contributed by atoms with Gasteiger partial charge in [-0.1, -0.05) is 6.07 Å². The molecule has 0 atom stereocenters. The summed E-state index contributed by atoms with van der Waals surface area (Å²) in [5.74, 6) is 3.44. The fourth-order valence-electron chi connectivity index (χ4n) is 2.63. The highest BCUT2D eigenvalue weighted by atomic mass is 32.2. The second kappa shape index (κ2) is 5.33. The van der Waals surface area contributed by atoms with Gasteiger partial charge in [0, 0.05) is 18.4 Å². The van der Waals surface area contributed by atoms with Crippen molar-refractivity contribution in [1.82, 2.24) is 9.38 Å². The summed E-state index contributed by atoms with van der Waals surface area (Å²) in [5.41, 5.74) is 9.13. The first-order valence-corrected chi connectivity index (χ1v) is 7.76. The minimum atomic E-state index is 0.563. The molecule has 18 heavy (non-hydrogen) atoms. The molecular formula is C14H19N3S. The molecule has 96 valence electrons. The quantitative estimate of drug-likeness (QED) is 0.923. The van der Waals surface area contributed by atoms with Crippen LogP contribution in [0.3, 0.4) is 0 Å². The maximum Gasteiger partial charge on any atom is 0.137 e. The molecule has 1 fully saturated rings. The van der Waals surface area contributed by atoms with Crippen molar-refractivity contribution < 1.29 is 0 Å². The van der Waals surface area contributed by atoms with Gasteiger partial charge in [0.2, 0.25) is 0 Å². The van der Waals surface area contributed by atoms with E-state index in [4.69, 9.17) is 10.7 Å². The lowest BCUT2D eigenvalue weighted by Crippen LogP contribution is -2.12. The van der Waals surface area contributed by atoms with Crippen LogP contribution in [-0.2, 0) is 13.0 Å². The third-order valence-corrected chi connectivity index (χ3v) is 4.72. The number of nitrogens with zero attached hydrogens (tertiary/aromatic N) is 2. The summed E-state index contributed by atoms with van der Waals surface area (Å²) in [7, 11) is 0. The Kier molecular flexibility index (Phi) is 3.57. The average molecular weight is 261 g/mol. The number of hydrogen-bond acceptors (Lipinski definition) is 3. The number of nitrogens with two attached hydrogens (primary N) is 1. The maximum absolute atomic E-state index is 5.76. The standard InChI is InChI=1S/C14H19N3S/c15-9-13-2-1-3-14-16-12(10-17(13)14)8-11-4-6-18-7-5-11/h1-3,10-11H,4-9,15H2. The summed E-state index contributed by atoms with van der Waals surface area (Å²) in [6.45, 7) is 0.563. The molecule has 2 aromatic rings. The van der Waals surface area contributed by atoms with Crippen LogP contribution in [0.5, 0.6) is 0 Å². The van der Waals surface area contributed by atoms with Crippen LogP contribution < -0.4 is 5.73 Å². The topological polar surface area (TPSA) is 43.3 Å². The second-order valence-corrected chi connectivity index (χ2v) is 6.17. The zero-order valence-electron chi connectivity index (χ0n) is 10.5. The van der Waals surface area contributed by atoms with Gasteiger partial charge in [0.25, 0.3) is 0 Å². The van der Waals surface area contributed by atoms with Gasteiger partial charge < -0.3 is 10.1 Å². The van der Waals surface area contributed by atoms with Gasteiger partial charge in [-0.05, 0) is 48.8 Å². The van der Waals surface area contributed by atoms with Crippen molar-refractivity contribution in [2.75, 3.05) is 11.5 Å². The van der Waals surface area contributed by atoms with Crippen LogP contribution in [0.4, 0.5) is 0 Å². The van der Waals surface area contributed by atoms with E-state index in [9.17, 15) is 0 Å². The number of hydrogen-bond donors (Lipinski definition) is 1. The summed E-state index contributed by atoms with van der Waals surface area (Å²) in [6, 6.07) is 6.15. The molecule has 3 nitrogen and oxygen atoms in total. The van der Waals surface area contributed by atoms with E-state index in [1.54, 1.807) is 0 Å². The van der Waals surface area contributed by atoms with Gasteiger partial charge in [0.1, 0.15) is 5.65 Å². The molecule has 0 unspecified atom stereocenters. The van der Waals surface area contributed by atoms with Gasteiger partial charge in [-0.25, -0.2) is 4.98 Å². The van der Waals surface area contributed by atoms with Crippen LogP contribution >= 0.6 is 11.8 Å². The van der Waals surface area contributed by atoms with E-state index in [1.165, 1.54) is 30.0 Å². The van der Waals surface area contributed by atoms with Gasteiger partial charge in [-0.2, -0.15) is 11.8 Å². The third kappa shape index (κ3) is 2.40. The van der Waals surface area contributed by atoms with Gasteiger partial charge >= 0.3 is 0 Å². The van der Waals surface area contributed by atoms with Crippen molar-refractivity contribution in [3.8, 4) is 0 Å². The maximum atomic E-state index is 5.76. The zero-order valence-corrected chi connectivity index (χ0v) is 11.3. The van der Waals surface area contributed by atoms with E-state index in [-0.39, 0.29) is 0 Å². The van der Waals surface area contributed by atoms with E-state index in [0.29, 0.717) is 6.54 Å². The molecule has 0 radical (unpaired) electrons. The molecule has 2 aromatic heterocycles. The van der Waals surface area contributed by atoms with E-state index in [2.05, 4.69) is 34.5 Å². The zero-order chi connectivity index (χ0) is 12.4. The molecule has 4 heteroatoms. The van der Waals surface area contributed by atoms with Crippen molar-refractivity contribution in [3.05, 3.63) is 35.8 Å². The van der Waals surface area contributed by atoms with Crippen molar-refractivity contribution >= 4 is 17.4 Å². The molecule has 0 saturated carbocycles. The van der Waals surface area contributed by atoms with Crippen molar-refractivity contribution in [2.45, 2.75) is 25.8 Å². The van der Waals surface area contributed by atoms with Crippen LogP contribution in [0.25, 0.3) is 5.65 Å². The SMILES string of the molecule is NCc1cccc2nc(CC3CCSCC3)cn12. The Labute approximate surface area is 112 Å². The predicted octanol–water partition coefficient (Wildman–Crippen LogP) is 2.48. The van der Waals surface area contributed by atoms with Crippen LogP contribution in [-0.4, -0.2) is 20.9 Å². The average Bonchev–Trinajstić information content (AvgIpc) is 2.82. The highest BCUT2D eigenvalue weighted by molar-refractivity contribution is 7.99. The molecule has 0 amide bonds. The number of imidazole rings is 1. The highest BCUT2D eigenvalue weighted by Crippen LogP contribution is 2.25. The summed E-state index contributed by atoms with van der Waals surface area (Å²) in [4.78, 5) is 4.72. The Balaban J connectivity index is 1.84. The molecule has 3 rings (SSSR count). The van der Waals surface area contributed by atoms with Crippen LogP contribution in [0.1, 0.15) is 24.2 Å². The number of rotatable bonds is 3. The molecule has 3 heterocycles. The minimum absolute atomic E-state index is 0.563. The molecule has 2 N–H and O–H groups in total. The first-order valence-electron chi connectivity index (χ1n) is 6.60. The number of fused-ring (bicyclic) bond motifs is 1. The highest BCUT2D eigenvalue weighted by Gasteiger charge is 2.16. The summed E-state index contributed by atoms with van der Waals surface area (Å²) in [5, 5.41) is 0. The first-order chi connectivity index (χ1) is 8.86. The lowest BCUT2D eigenvalue weighted by atomic mass is 9.97. The Bertz CT molecular complexity index is 529. The molecule has 1 aliphatic rings. The largest absolute Gasteiger partial charge is 0.325 e. The lowest BCUT2D eigenvalue weighted by Gasteiger charge is -2.19. The van der Waals surface area contributed by atoms with E-state index >= 15 is 0 Å². The first kappa shape index (κ1) is 12.1. The molecule has 0 spiro atoms. The van der Waals surface area contributed by atoms with E-state index in [0.717, 1.165) is 23.7 Å². The third-order valence-electron chi connectivity index (χ3n) is 3.67. The van der Waals surface area contributed by atoms with Gasteiger partial charge in [-0.3, -0.25) is 0 Å². The van der Waals surface area contributed by atoms with E-state index in [1.807, 2.05) is 6.07 Å². The summed E-state index contributed by atoms with van der Waals surface area (Å²) < 4.78 is 2.13. The minimum Gasteiger partial charge on any atom is -0.325 e. The second-order valence-electron chi connectivity index (χ2n) is 4.94.